The van der Waals surface area contributed by atoms with Gasteiger partial charge in [-0.15, -0.1) is 0 Å². The van der Waals surface area contributed by atoms with Crippen LogP contribution in [-0.2, 0) is 6.42 Å². The molecule has 1 nitrogen and oxygen atoms in total. The third kappa shape index (κ3) is 3.53. The summed E-state index contributed by atoms with van der Waals surface area (Å²) in [7, 11) is 1.86. The molecule has 106 valence electrons. The molecular weight excluding hydrogens is 364 g/mol. The summed E-state index contributed by atoms with van der Waals surface area (Å²) < 4.78 is 14.0. The molecule has 0 heterocycles. The summed E-state index contributed by atoms with van der Waals surface area (Å²) in [6.07, 6.45) is 0.646. The van der Waals surface area contributed by atoms with Gasteiger partial charge >= 0.3 is 0 Å². The fraction of sp³-hybridized carbons (Fsp3) is 0.200. The summed E-state index contributed by atoms with van der Waals surface area (Å²) in [4.78, 5) is 0. The standard InChI is InChI=1S/C15H13BrCl2FN/c1-20-14(9-5-6-11(17)12(18)7-9)8-10-3-2-4-13(19)15(10)16/h2-7,14,20H,8H2,1H3. The van der Waals surface area contributed by atoms with Gasteiger partial charge < -0.3 is 5.32 Å². The van der Waals surface area contributed by atoms with E-state index in [1.54, 1.807) is 12.1 Å². The van der Waals surface area contributed by atoms with Crippen molar-refractivity contribution < 1.29 is 4.39 Å². The predicted molar refractivity (Wildman–Crippen MR) is 86.1 cm³/mol. The Morgan fingerprint density at radius 3 is 2.60 bits per heavy atom. The smallest absolute Gasteiger partial charge is 0.137 e. The van der Waals surface area contributed by atoms with E-state index in [4.69, 9.17) is 23.2 Å². The van der Waals surface area contributed by atoms with E-state index in [0.717, 1.165) is 11.1 Å². The number of nitrogens with one attached hydrogen (secondary N) is 1. The van der Waals surface area contributed by atoms with Gasteiger partial charge in [-0.25, -0.2) is 4.39 Å². The maximum atomic E-state index is 13.5. The molecule has 2 rings (SSSR count). The maximum Gasteiger partial charge on any atom is 0.137 e. The largest absolute Gasteiger partial charge is 0.313 e. The zero-order chi connectivity index (χ0) is 14.7. The molecule has 0 bridgehead atoms. The Hall–Kier alpha value is -0.610. The van der Waals surface area contributed by atoms with Gasteiger partial charge in [0.05, 0.1) is 14.5 Å². The molecule has 0 aromatic heterocycles. The molecule has 0 spiro atoms. The van der Waals surface area contributed by atoms with Crippen molar-refractivity contribution in [2.45, 2.75) is 12.5 Å². The van der Waals surface area contributed by atoms with Crippen molar-refractivity contribution >= 4 is 39.1 Å². The quantitative estimate of drug-likeness (QED) is 0.753. The molecule has 1 atom stereocenters. The molecule has 1 N–H and O–H groups in total. The first kappa shape index (κ1) is 15.8. The molecule has 2 aromatic rings. The van der Waals surface area contributed by atoms with E-state index in [2.05, 4.69) is 21.2 Å². The van der Waals surface area contributed by atoms with Gasteiger partial charge in [0.2, 0.25) is 0 Å². The lowest BCUT2D eigenvalue weighted by Crippen LogP contribution is -2.19. The lowest BCUT2D eigenvalue weighted by molar-refractivity contribution is 0.580. The van der Waals surface area contributed by atoms with Crippen molar-refractivity contribution in [1.29, 1.82) is 0 Å². The number of rotatable bonds is 4. The van der Waals surface area contributed by atoms with Crippen molar-refractivity contribution in [3.63, 3.8) is 0 Å². The zero-order valence-corrected chi connectivity index (χ0v) is 13.9. The van der Waals surface area contributed by atoms with E-state index in [1.807, 2.05) is 25.2 Å². The van der Waals surface area contributed by atoms with Crippen molar-refractivity contribution in [2.24, 2.45) is 0 Å². The van der Waals surface area contributed by atoms with E-state index >= 15 is 0 Å². The Morgan fingerprint density at radius 1 is 1.20 bits per heavy atom. The van der Waals surface area contributed by atoms with Crippen LogP contribution < -0.4 is 5.32 Å². The lowest BCUT2D eigenvalue weighted by atomic mass is 9.99. The minimum absolute atomic E-state index is 0.0304. The number of likely N-dealkylation sites (N-methyl/N-ethyl adjacent to an activating group) is 1. The van der Waals surface area contributed by atoms with E-state index in [-0.39, 0.29) is 11.9 Å². The first-order valence-electron chi connectivity index (χ1n) is 6.08. The first-order valence-corrected chi connectivity index (χ1v) is 7.63. The summed E-state index contributed by atoms with van der Waals surface area (Å²) in [6, 6.07) is 10.6. The van der Waals surface area contributed by atoms with Gasteiger partial charge in [-0.1, -0.05) is 41.4 Å². The van der Waals surface area contributed by atoms with E-state index in [9.17, 15) is 4.39 Å². The molecule has 0 saturated heterocycles. The molecule has 2 aromatic carbocycles. The van der Waals surface area contributed by atoms with Crippen molar-refractivity contribution in [1.82, 2.24) is 5.32 Å². The van der Waals surface area contributed by atoms with Gasteiger partial charge in [0.25, 0.3) is 0 Å². The Kier molecular flexibility index (Phi) is 5.44. The van der Waals surface area contributed by atoms with Gasteiger partial charge in [-0.05, 0) is 58.7 Å². The second-order valence-corrected chi connectivity index (χ2v) is 6.04. The second-order valence-electron chi connectivity index (χ2n) is 4.43. The second kappa shape index (κ2) is 6.90. The van der Waals surface area contributed by atoms with E-state index in [1.165, 1.54) is 6.07 Å². The van der Waals surface area contributed by atoms with Crippen LogP contribution in [0.15, 0.2) is 40.9 Å². The highest BCUT2D eigenvalue weighted by Gasteiger charge is 2.14. The Bertz CT molecular complexity index is 619. The Morgan fingerprint density at radius 2 is 1.95 bits per heavy atom. The van der Waals surface area contributed by atoms with Crippen molar-refractivity contribution in [3.05, 3.63) is 67.9 Å². The van der Waals surface area contributed by atoms with Gasteiger partial charge in [0.15, 0.2) is 0 Å². The van der Waals surface area contributed by atoms with Crippen molar-refractivity contribution in [3.8, 4) is 0 Å². The van der Waals surface area contributed by atoms with Gasteiger partial charge in [0.1, 0.15) is 5.82 Å². The average molecular weight is 377 g/mol. The third-order valence-corrected chi connectivity index (χ3v) is 4.78. The van der Waals surface area contributed by atoms with Crippen LogP contribution in [0.1, 0.15) is 17.2 Å². The summed E-state index contributed by atoms with van der Waals surface area (Å²) in [5.74, 6) is -0.258. The Labute approximate surface area is 136 Å². The third-order valence-electron chi connectivity index (χ3n) is 3.15. The van der Waals surface area contributed by atoms with E-state index in [0.29, 0.717) is 20.9 Å². The average Bonchev–Trinajstić information content (AvgIpc) is 2.44. The molecule has 0 fully saturated rings. The number of hydrogen-bond acceptors (Lipinski definition) is 1. The highest BCUT2D eigenvalue weighted by atomic mass is 79.9. The molecule has 0 amide bonds. The zero-order valence-electron chi connectivity index (χ0n) is 10.8. The van der Waals surface area contributed by atoms with Crippen LogP contribution in [0.3, 0.4) is 0 Å². The molecule has 20 heavy (non-hydrogen) atoms. The lowest BCUT2D eigenvalue weighted by Gasteiger charge is -2.18. The minimum Gasteiger partial charge on any atom is -0.313 e. The fourth-order valence-electron chi connectivity index (χ4n) is 2.04. The Balaban J connectivity index is 2.28. The van der Waals surface area contributed by atoms with Crippen LogP contribution in [0.25, 0.3) is 0 Å². The molecular formula is C15H13BrCl2FN. The summed E-state index contributed by atoms with van der Waals surface area (Å²) in [5.41, 5.74) is 1.91. The maximum absolute atomic E-state index is 13.5. The van der Waals surface area contributed by atoms with Crippen LogP contribution in [-0.4, -0.2) is 7.05 Å². The van der Waals surface area contributed by atoms with Crippen LogP contribution >= 0.6 is 39.1 Å². The molecule has 0 aliphatic carbocycles. The highest BCUT2D eigenvalue weighted by Crippen LogP contribution is 2.29. The summed E-state index contributed by atoms with van der Waals surface area (Å²) in [5, 5.41) is 4.26. The van der Waals surface area contributed by atoms with Crippen LogP contribution in [0.5, 0.6) is 0 Å². The van der Waals surface area contributed by atoms with Gasteiger partial charge in [-0.2, -0.15) is 0 Å². The van der Waals surface area contributed by atoms with Gasteiger partial charge in [0, 0.05) is 6.04 Å². The molecule has 0 radical (unpaired) electrons. The van der Waals surface area contributed by atoms with Crippen LogP contribution in [0, 0.1) is 5.82 Å². The van der Waals surface area contributed by atoms with Crippen molar-refractivity contribution in [2.75, 3.05) is 7.05 Å². The fourth-order valence-corrected chi connectivity index (χ4v) is 2.77. The van der Waals surface area contributed by atoms with E-state index < -0.39 is 0 Å². The molecule has 0 aliphatic rings. The first-order chi connectivity index (χ1) is 9.52. The number of halogens is 4. The molecule has 5 heteroatoms. The topological polar surface area (TPSA) is 12.0 Å². The monoisotopic (exact) mass is 375 g/mol. The molecule has 0 aliphatic heterocycles. The SMILES string of the molecule is CNC(Cc1cccc(F)c1Br)c1ccc(Cl)c(Cl)c1. The highest BCUT2D eigenvalue weighted by molar-refractivity contribution is 9.10. The van der Waals surface area contributed by atoms with Crippen LogP contribution in [0.4, 0.5) is 4.39 Å². The molecule has 0 saturated carbocycles. The number of hydrogen-bond donors (Lipinski definition) is 1. The predicted octanol–water partition coefficient (Wildman–Crippen LogP) is 5.40. The summed E-state index contributed by atoms with van der Waals surface area (Å²) in [6.45, 7) is 0. The number of benzene rings is 2. The van der Waals surface area contributed by atoms with Gasteiger partial charge in [-0.3, -0.25) is 0 Å². The van der Waals surface area contributed by atoms with Crippen LogP contribution in [0.2, 0.25) is 10.0 Å². The minimum atomic E-state index is -0.258. The normalized spacial score (nSPS) is 12.4. The molecule has 1 unspecified atom stereocenters. The summed E-state index contributed by atoms with van der Waals surface area (Å²) >= 11 is 15.3.